The first kappa shape index (κ1) is 8.32. The van der Waals surface area contributed by atoms with Crippen molar-refractivity contribution in [3.63, 3.8) is 0 Å². The number of hydrogen-bond acceptors (Lipinski definition) is 2. The molecule has 0 bridgehead atoms. The van der Waals surface area contributed by atoms with Crippen molar-refractivity contribution in [2.75, 3.05) is 0 Å². The van der Waals surface area contributed by atoms with Gasteiger partial charge in [-0.15, -0.1) is 5.10 Å². The highest BCUT2D eigenvalue weighted by atomic mass is 15.3. The van der Waals surface area contributed by atoms with E-state index in [1.54, 1.807) is 0 Å². The lowest BCUT2D eigenvalue weighted by Crippen LogP contribution is -2.22. The van der Waals surface area contributed by atoms with E-state index in [0.717, 1.165) is 11.4 Å². The zero-order valence-electron chi connectivity index (χ0n) is 6.78. The summed E-state index contributed by atoms with van der Waals surface area (Å²) in [6.07, 6.45) is 1.81. The van der Waals surface area contributed by atoms with E-state index in [1.165, 1.54) is 0 Å². The number of nitrogens with one attached hydrogen (secondary N) is 1. The summed E-state index contributed by atoms with van der Waals surface area (Å²) >= 11 is 0. The molecule has 1 aromatic rings. The van der Waals surface area contributed by atoms with E-state index in [0.29, 0.717) is 0 Å². The van der Waals surface area contributed by atoms with Gasteiger partial charge in [0, 0.05) is 6.20 Å². The second-order valence-electron chi connectivity index (χ2n) is 2.29. The van der Waals surface area contributed by atoms with Gasteiger partial charge in [-0.25, -0.2) is 0 Å². The van der Waals surface area contributed by atoms with Crippen molar-refractivity contribution in [3.05, 3.63) is 24.0 Å². The molecule has 5 nitrogen and oxygen atoms in total. The molecule has 0 aromatic carbocycles. The summed E-state index contributed by atoms with van der Waals surface area (Å²) in [5.74, 6) is -0.0408. The van der Waals surface area contributed by atoms with Gasteiger partial charge in [-0.1, -0.05) is 0 Å². The molecule has 0 aliphatic heterocycles. The minimum absolute atomic E-state index is 0.0408. The van der Waals surface area contributed by atoms with Gasteiger partial charge in [0.2, 0.25) is 5.96 Å². The third-order valence-corrected chi connectivity index (χ3v) is 1.30. The number of aromatic nitrogens is 1. The predicted octanol–water partition coefficient (Wildman–Crippen LogP) is 0.0121. The molecule has 64 valence electrons. The summed E-state index contributed by atoms with van der Waals surface area (Å²) in [6, 6.07) is 3.77. The maximum absolute atomic E-state index is 5.10. The highest BCUT2D eigenvalue weighted by molar-refractivity contribution is 5.97. The first-order chi connectivity index (χ1) is 5.70. The number of guanidine groups is 1. The second-order valence-corrected chi connectivity index (χ2v) is 2.29. The van der Waals surface area contributed by atoms with Gasteiger partial charge in [0.25, 0.3) is 0 Å². The normalized spacial score (nSPS) is 11.2. The summed E-state index contributed by atoms with van der Waals surface area (Å²) in [4.78, 5) is 2.98. The molecule has 0 amide bonds. The SMILES string of the molecule is C/C(=N\N=C(N)N)c1ccc[nH]1. The molecule has 0 fully saturated rings. The average Bonchev–Trinajstić information content (AvgIpc) is 2.51. The Balaban J connectivity index is 2.78. The number of hydrogen-bond donors (Lipinski definition) is 3. The van der Waals surface area contributed by atoms with Crippen LogP contribution in [0.2, 0.25) is 0 Å². The summed E-state index contributed by atoms with van der Waals surface area (Å²) in [5.41, 5.74) is 11.9. The number of nitrogens with zero attached hydrogens (tertiary/aromatic N) is 2. The Morgan fingerprint density at radius 3 is 2.67 bits per heavy atom. The Morgan fingerprint density at radius 2 is 2.17 bits per heavy atom. The molecule has 0 saturated heterocycles. The lowest BCUT2D eigenvalue weighted by Gasteiger charge is -1.92. The van der Waals surface area contributed by atoms with Crippen molar-refractivity contribution in [2.24, 2.45) is 21.7 Å². The van der Waals surface area contributed by atoms with Crippen molar-refractivity contribution in [1.82, 2.24) is 4.98 Å². The molecule has 0 aliphatic rings. The van der Waals surface area contributed by atoms with Gasteiger partial charge < -0.3 is 16.5 Å². The molecule has 5 N–H and O–H groups in total. The molecule has 5 heteroatoms. The molecule has 1 rings (SSSR count). The Kier molecular flexibility index (Phi) is 2.47. The van der Waals surface area contributed by atoms with Crippen LogP contribution in [-0.4, -0.2) is 16.7 Å². The number of rotatable bonds is 2. The Labute approximate surface area is 70.2 Å². The Morgan fingerprint density at radius 1 is 1.42 bits per heavy atom. The molecule has 12 heavy (non-hydrogen) atoms. The fourth-order valence-electron chi connectivity index (χ4n) is 0.742. The van der Waals surface area contributed by atoms with E-state index in [1.807, 2.05) is 25.3 Å². The predicted molar refractivity (Wildman–Crippen MR) is 48.8 cm³/mol. The monoisotopic (exact) mass is 165 g/mol. The van der Waals surface area contributed by atoms with Crippen LogP contribution in [0, 0.1) is 0 Å². The van der Waals surface area contributed by atoms with Crippen LogP contribution in [0.15, 0.2) is 28.5 Å². The van der Waals surface area contributed by atoms with Gasteiger partial charge in [-0.05, 0) is 19.1 Å². The van der Waals surface area contributed by atoms with Gasteiger partial charge >= 0.3 is 0 Å². The van der Waals surface area contributed by atoms with Crippen LogP contribution >= 0.6 is 0 Å². The maximum atomic E-state index is 5.10. The topological polar surface area (TPSA) is 92.5 Å². The number of H-pyrrole nitrogens is 1. The second kappa shape index (κ2) is 3.56. The average molecular weight is 165 g/mol. The van der Waals surface area contributed by atoms with Gasteiger partial charge in [-0.3, -0.25) is 0 Å². The van der Waals surface area contributed by atoms with Crippen molar-refractivity contribution in [3.8, 4) is 0 Å². The fourth-order valence-corrected chi connectivity index (χ4v) is 0.742. The van der Waals surface area contributed by atoms with Crippen LogP contribution in [0.5, 0.6) is 0 Å². The molecule has 0 radical (unpaired) electrons. The quantitative estimate of drug-likeness (QED) is 0.327. The van der Waals surface area contributed by atoms with Crippen LogP contribution in [0.25, 0.3) is 0 Å². The third-order valence-electron chi connectivity index (χ3n) is 1.30. The molecule has 0 aliphatic carbocycles. The summed E-state index contributed by atoms with van der Waals surface area (Å²) in [6.45, 7) is 1.82. The Bertz CT molecular complexity index is 292. The molecule has 0 saturated carbocycles. The van der Waals surface area contributed by atoms with Crippen LogP contribution in [0.3, 0.4) is 0 Å². The highest BCUT2D eigenvalue weighted by Gasteiger charge is 1.94. The maximum Gasteiger partial charge on any atom is 0.211 e. The Hall–Kier alpha value is -1.78. The van der Waals surface area contributed by atoms with Crippen molar-refractivity contribution >= 4 is 11.7 Å². The molecule has 1 aromatic heterocycles. The summed E-state index contributed by atoms with van der Waals surface area (Å²) in [7, 11) is 0. The van der Waals surface area contributed by atoms with Gasteiger partial charge in [0.1, 0.15) is 0 Å². The van der Waals surface area contributed by atoms with Crippen LogP contribution < -0.4 is 11.5 Å². The van der Waals surface area contributed by atoms with Crippen LogP contribution in [-0.2, 0) is 0 Å². The lowest BCUT2D eigenvalue weighted by atomic mass is 10.3. The number of aromatic amines is 1. The smallest absolute Gasteiger partial charge is 0.211 e. The molecule has 0 atom stereocenters. The molecular formula is C7H11N5. The van der Waals surface area contributed by atoms with E-state index in [9.17, 15) is 0 Å². The molecule has 0 spiro atoms. The molecule has 1 heterocycles. The zero-order valence-corrected chi connectivity index (χ0v) is 6.78. The van der Waals surface area contributed by atoms with Crippen molar-refractivity contribution in [1.29, 1.82) is 0 Å². The van der Waals surface area contributed by atoms with E-state index in [4.69, 9.17) is 11.5 Å². The number of nitrogens with two attached hydrogens (primary N) is 2. The van der Waals surface area contributed by atoms with Crippen LogP contribution in [0.1, 0.15) is 12.6 Å². The van der Waals surface area contributed by atoms with E-state index < -0.39 is 0 Å². The first-order valence-electron chi connectivity index (χ1n) is 3.47. The minimum Gasteiger partial charge on any atom is -0.369 e. The fraction of sp³-hybridized carbons (Fsp3) is 0.143. The van der Waals surface area contributed by atoms with Gasteiger partial charge in [0.05, 0.1) is 11.4 Å². The zero-order chi connectivity index (χ0) is 8.97. The van der Waals surface area contributed by atoms with E-state index in [2.05, 4.69) is 15.2 Å². The van der Waals surface area contributed by atoms with Crippen molar-refractivity contribution < 1.29 is 0 Å². The molecular weight excluding hydrogens is 154 g/mol. The standard InChI is InChI=1S/C7H11N5/c1-5(11-12-7(8)9)6-3-2-4-10-6/h2-4,10H,1H3,(H4,8,9,12)/b11-5+. The highest BCUT2D eigenvalue weighted by Crippen LogP contribution is 1.96. The van der Waals surface area contributed by atoms with Crippen LogP contribution in [0.4, 0.5) is 0 Å². The van der Waals surface area contributed by atoms with E-state index in [-0.39, 0.29) is 5.96 Å². The first-order valence-corrected chi connectivity index (χ1v) is 3.47. The lowest BCUT2D eigenvalue weighted by molar-refractivity contribution is 1.18. The van der Waals surface area contributed by atoms with Gasteiger partial charge in [0.15, 0.2) is 0 Å². The largest absolute Gasteiger partial charge is 0.369 e. The summed E-state index contributed by atoms with van der Waals surface area (Å²) in [5, 5.41) is 7.31. The molecule has 0 unspecified atom stereocenters. The summed E-state index contributed by atoms with van der Waals surface area (Å²) < 4.78 is 0. The minimum atomic E-state index is -0.0408. The van der Waals surface area contributed by atoms with E-state index >= 15 is 0 Å². The third kappa shape index (κ3) is 2.12. The van der Waals surface area contributed by atoms with Crippen molar-refractivity contribution in [2.45, 2.75) is 6.92 Å². The van der Waals surface area contributed by atoms with Gasteiger partial charge in [-0.2, -0.15) is 5.10 Å².